The van der Waals surface area contributed by atoms with E-state index in [2.05, 4.69) is 23.2 Å². The van der Waals surface area contributed by atoms with Gasteiger partial charge in [-0.05, 0) is 29.9 Å². The third-order valence-electron chi connectivity index (χ3n) is 3.11. The fourth-order valence-corrected chi connectivity index (χ4v) is 2.46. The normalized spacial score (nSPS) is 10.5. The van der Waals surface area contributed by atoms with Crippen LogP contribution in [-0.4, -0.2) is 9.55 Å². The highest BCUT2D eigenvalue weighted by molar-refractivity contribution is 7.71. The number of nitrogens with zero attached hydrogens (tertiary/aromatic N) is 2. The lowest BCUT2D eigenvalue weighted by atomic mass is 10.2. The highest BCUT2D eigenvalue weighted by atomic mass is 32.1. The molecular weight excluding hydrogens is 254 g/mol. The summed E-state index contributed by atoms with van der Waals surface area (Å²) in [7, 11) is 0. The summed E-state index contributed by atoms with van der Waals surface area (Å²) in [6.07, 6.45) is 0. The summed E-state index contributed by atoms with van der Waals surface area (Å²) in [5, 5.41) is 9.11. The van der Waals surface area contributed by atoms with Crippen LogP contribution in [0.25, 0.3) is 11.0 Å². The van der Waals surface area contributed by atoms with Gasteiger partial charge in [0, 0.05) is 0 Å². The Morgan fingerprint density at radius 3 is 2.63 bits per heavy atom. The highest BCUT2D eigenvalue weighted by Crippen LogP contribution is 2.19. The summed E-state index contributed by atoms with van der Waals surface area (Å²) in [4.78, 5) is 3.12. The quantitative estimate of drug-likeness (QED) is 0.719. The first kappa shape index (κ1) is 11.7. The van der Waals surface area contributed by atoms with Crippen molar-refractivity contribution in [2.24, 2.45) is 0 Å². The lowest BCUT2D eigenvalue weighted by Gasteiger charge is -2.04. The van der Waals surface area contributed by atoms with Crippen molar-refractivity contribution in [1.29, 1.82) is 5.26 Å². The highest BCUT2D eigenvalue weighted by Gasteiger charge is 2.08. The molecule has 3 nitrogen and oxygen atoms in total. The lowest BCUT2D eigenvalue weighted by Crippen LogP contribution is -1.99. The predicted octanol–water partition coefficient (Wildman–Crippen LogP) is 3.62. The van der Waals surface area contributed by atoms with Gasteiger partial charge in [-0.15, -0.1) is 0 Å². The molecule has 4 heteroatoms. The Hall–Kier alpha value is -2.38. The average molecular weight is 265 g/mol. The number of aromatic nitrogens is 2. The van der Waals surface area contributed by atoms with E-state index in [0.29, 0.717) is 16.9 Å². The zero-order valence-corrected chi connectivity index (χ0v) is 10.9. The van der Waals surface area contributed by atoms with Crippen LogP contribution in [0.3, 0.4) is 0 Å². The molecule has 3 aromatic rings. The van der Waals surface area contributed by atoms with Gasteiger partial charge in [-0.25, -0.2) is 0 Å². The Bertz CT molecular complexity index is 822. The Morgan fingerprint density at radius 1 is 1.11 bits per heavy atom. The molecule has 0 bridgehead atoms. The Kier molecular flexibility index (Phi) is 2.90. The first-order valence-corrected chi connectivity index (χ1v) is 6.36. The van der Waals surface area contributed by atoms with E-state index in [-0.39, 0.29) is 0 Å². The van der Waals surface area contributed by atoms with Crippen LogP contribution in [-0.2, 0) is 6.54 Å². The van der Waals surface area contributed by atoms with E-state index in [9.17, 15) is 0 Å². The number of hydrogen-bond donors (Lipinski definition) is 1. The van der Waals surface area contributed by atoms with Crippen molar-refractivity contribution in [3.63, 3.8) is 0 Å². The van der Waals surface area contributed by atoms with E-state index >= 15 is 0 Å². The van der Waals surface area contributed by atoms with Crippen molar-refractivity contribution in [3.05, 3.63) is 64.4 Å². The van der Waals surface area contributed by atoms with Crippen LogP contribution in [0.1, 0.15) is 11.1 Å². The fraction of sp³-hybridized carbons (Fsp3) is 0.0667. The average Bonchev–Trinajstić information content (AvgIpc) is 2.76. The lowest BCUT2D eigenvalue weighted by molar-refractivity contribution is 0.810. The minimum absolute atomic E-state index is 0.621. The smallest absolute Gasteiger partial charge is 0.178 e. The van der Waals surface area contributed by atoms with Crippen LogP contribution in [0.15, 0.2) is 48.5 Å². The minimum Gasteiger partial charge on any atom is -0.329 e. The number of fused-ring (bicyclic) bond motifs is 1. The summed E-state index contributed by atoms with van der Waals surface area (Å²) < 4.78 is 2.66. The van der Waals surface area contributed by atoms with Crippen LogP contribution >= 0.6 is 12.2 Å². The predicted molar refractivity (Wildman–Crippen MR) is 77.4 cm³/mol. The molecule has 1 N–H and O–H groups in total. The van der Waals surface area contributed by atoms with E-state index in [4.69, 9.17) is 17.5 Å². The van der Waals surface area contributed by atoms with Gasteiger partial charge in [-0.2, -0.15) is 5.26 Å². The molecule has 0 amide bonds. The molecule has 3 rings (SSSR count). The number of H-pyrrole nitrogens is 1. The monoisotopic (exact) mass is 265 g/mol. The molecule has 0 aliphatic rings. The Balaban J connectivity index is 2.17. The van der Waals surface area contributed by atoms with Gasteiger partial charge >= 0.3 is 0 Å². The van der Waals surface area contributed by atoms with Crippen molar-refractivity contribution in [1.82, 2.24) is 9.55 Å². The molecule has 0 saturated carbocycles. The maximum atomic E-state index is 9.11. The van der Waals surface area contributed by atoms with E-state index in [1.165, 1.54) is 5.56 Å². The minimum atomic E-state index is 0.621. The summed E-state index contributed by atoms with van der Waals surface area (Å²) in [5.41, 5.74) is 3.58. The van der Waals surface area contributed by atoms with Gasteiger partial charge in [0.15, 0.2) is 4.77 Å². The van der Waals surface area contributed by atoms with Crippen LogP contribution in [0.2, 0.25) is 0 Å². The number of rotatable bonds is 2. The number of aromatic amines is 1. The zero-order chi connectivity index (χ0) is 13.2. The van der Waals surface area contributed by atoms with Crippen LogP contribution in [0.5, 0.6) is 0 Å². The van der Waals surface area contributed by atoms with Crippen molar-refractivity contribution < 1.29 is 0 Å². The van der Waals surface area contributed by atoms with Crippen molar-refractivity contribution >= 4 is 23.3 Å². The zero-order valence-electron chi connectivity index (χ0n) is 10.1. The number of nitrogens with one attached hydrogen (secondary N) is 1. The summed E-state index contributed by atoms with van der Waals surface area (Å²) >= 11 is 5.36. The summed E-state index contributed by atoms with van der Waals surface area (Å²) in [6.45, 7) is 0.703. The third-order valence-corrected chi connectivity index (χ3v) is 3.44. The molecule has 92 valence electrons. The second-order valence-corrected chi connectivity index (χ2v) is 4.70. The molecule has 19 heavy (non-hydrogen) atoms. The van der Waals surface area contributed by atoms with E-state index < -0.39 is 0 Å². The first-order chi connectivity index (χ1) is 9.29. The largest absolute Gasteiger partial charge is 0.329 e. The molecule has 1 aromatic heterocycles. The van der Waals surface area contributed by atoms with Gasteiger partial charge in [0.2, 0.25) is 0 Å². The van der Waals surface area contributed by atoms with Gasteiger partial charge in [0.05, 0.1) is 23.1 Å². The van der Waals surface area contributed by atoms with Crippen molar-refractivity contribution in [2.45, 2.75) is 6.54 Å². The molecule has 0 atom stereocenters. The maximum Gasteiger partial charge on any atom is 0.178 e. The molecule has 0 saturated heterocycles. The van der Waals surface area contributed by atoms with Gasteiger partial charge in [0.25, 0.3) is 0 Å². The van der Waals surface area contributed by atoms with E-state index in [1.54, 1.807) is 6.07 Å². The van der Waals surface area contributed by atoms with Gasteiger partial charge in [0.1, 0.15) is 6.07 Å². The number of hydrogen-bond acceptors (Lipinski definition) is 2. The summed E-state index contributed by atoms with van der Waals surface area (Å²) in [6, 6.07) is 18.0. The molecule has 1 heterocycles. The van der Waals surface area contributed by atoms with Gasteiger partial charge in [-0.1, -0.05) is 36.4 Å². The molecule has 0 aliphatic heterocycles. The number of imidazole rings is 1. The topological polar surface area (TPSA) is 44.5 Å². The van der Waals surface area contributed by atoms with Gasteiger partial charge < -0.3 is 9.55 Å². The first-order valence-electron chi connectivity index (χ1n) is 5.95. The summed E-state index contributed by atoms with van der Waals surface area (Å²) in [5.74, 6) is 0. The third kappa shape index (κ3) is 2.05. The second kappa shape index (κ2) is 4.71. The van der Waals surface area contributed by atoms with Crippen LogP contribution < -0.4 is 0 Å². The number of benzene rings is 2. The van der Waals surface area contributed by atoms with Crippen molar-refractivity contribution in [3.8, 4) is 6.07 Å². The molecule has 2 aromatic carbocycles. The SMILES string of the molecule is N#Cc1cccc2c1[nH]c(=S)n2Cc1ccccc1. The number of nitriles is 1. The molecule has 0 unspecified atom stereocenters. The Labute approximate surface area is 115 Å². The Morgan fingerprint density at radius 2 is 1.89 bits per heavy atom. The maximum absolute atomic E-state index is 9.11. The van der Waals surface area contributed by atoms with E-state index in [0.717, 1.165) is 11.0 Å². The number of para-hydroxylation sites is 1. The fourth-order valence-electron chi connectivity index (χ4n) is 2.20. The standard InChI is InChI=1S/C15H11N3S/c16-9-12-7-4-8-13-14(12)17-15(19)18(13)10-11-5-2-1-3-6-11/h1-8H,10H2,(H,17,19). The molecule has 0 fully saturated rings. The molecule has 0 radical (unpaired) electrons. The van der Waals surface area contributed by atoms with E-state index in [1.807, 2.05) is 34.9 Å². The van der Waals surface area contributed by atoms with Crippen LogP contribution in [0.4, 0.5) is 0 Å². The van der Waals surface area contributed by atoms with Crippen molar-refractivity contribution in [2.75, 3.05) is 0 Å². The molecule has 0 aliphatic carbocycles. The second-order valence-electron chi connectivity index (χ2n) is 4.31. The molecule has 0 spiro atoms. The van der Waals surface area contributed by atoms with Crippen LogP contribution in [0, 0.1) is 16.1 Å². The van der Waals surface area contributed by atoms with Gasteiger partial charge in [-0.3, -0.25) is 0 Å². The molecular formula is C15H11N3S.